The number of methoxy groups -OCH3 is 1. The van der Waals surface area contributed by atoms with Crippen molar-refractivity contribution in [3.8, 4) is 0 Å². The first-order chi connectivity index (χ1) is 7.82. The molecule has 0 aliphatic carbocycles. The minimum atomic E-state index is -0.0433. The lowest BCUT2D eigenvalue weighted by atomic mass is 9.81. The fraction of sp³-hybridized carbons (Fsp3) is 0.571. The quantitative estimate of drug-likeness (QED) is 0.821. The van der Waals surface area contributed by atoms with Crippen molar-refractivity contribution in [2.75, 3.05) is 7.11 Å². The molecule has 1 N–H and O–H groups in total. The maximum Gasteiger partial charge on any atom is 0.0957 e. The van der Waals surface area contributed by atoms with E-state index in [0.717, 1.165) is 12.8 Å². The van der Waals surface area contributed by atoms with E-state index in [2.05, 4.69) is 35.6 Å². The minimum Gasteiger partial charge on any atom is -0.373 e. The molecule has 86 valence electrons. The summed E-state index contributed by atoms with van der Waals surface area (Å²) >= 11 is 0. The molecule has 2 heteroatoms. The fourth-order valence-corrected chi connectivity index (χ4v) is 3.37. The maximum absolute atomic E-state index is 5.91. The van der Waals surface area contributed by atoms with Gasteiger partial charge in [0.25, 0.3) is 0 Å². The Morgan fingerprint density at radius 1 is 1.12 bits per heavy atom. The summed E-state index contributed by atoms with van der Waals surface area (Å²) in [5, 5.41) is 3.67. The fourth-order valence-electron chi connectivity index (χ4n) is 3.37. The van der Waals surface area contributed by atoms with E-state index < -0.39 is 0 Å². The molecule has 2 unspecified atom stereocenters. The lowest BCUT2D eigenvalue weighted by Gasteiger charge is -2.40. The second kappa shape index (κ2) is 3.86. The summed E-state index contributed by atoms with van der Waals surface area (Å²) in [5.74, 6) is 0. The molecular formula is C14H19NO. The zero-order valence-corrected chi connectivity index (χ0v) is 9.78. The molecule has 16 heavy (non-hydrogen) atoms. The van der Waals surface area contributed by atoms with Crippen molar-refractivity contribution in [1.29, 1.82) is 0 Å². The van der Waals surface area contributed by atoms with E-state index in [1.807, 2.05) is 7.11 Å². The van der Waals surface area contributed by atoms with Gasteiger partial charge in [-0.15, -0.1) is 0 Å². The van der Waals surface area contributed by atoms with E-state index in [9.17, 15) is 0 Å². The van der Waals surface area contributed by atoms with Crippen LogP contribution >= 0.6 is 0 Å². The van der Waals surface area contributed by atoms with Gasteiger partial charge in [-0.2, -0.15) is 0 Å². The largest absolute Gasteiger partial charge is 0.373 e. The number of hydrogen-bond donors (Lipinski definition) is 1. The molecule has 2 nitrogen and oxygen atoms in total. The molecule has 0 spiro atoms. The smallest absolute Gasteiger partial charge is 0.0957 e. The van der Waals surface area contributed by atoms with E-state index in [1.54, 1.807) is 0 Å². The first-order valence-corrected chi connectivity index (χ1v) is 6.19. The summed E-state index contributed by atoms with van der Waals surface area (Å²) in [4.78, 5) is 0. The zero-order valence-electron chi connectivity index (χ0n) is 9.78. The van der Waals surface area contributed by atoms with E-state index in [1.165, 1.54) is 18.4 Å². The highest BCUT2D eigenvalue weighted by Gasteiger charge is 2.44. The van der Waals surface area contributed by atoms with Crippen LogP contribution < -0.4 is 5.32 Å². The molecule has 2 saturated heterocycles. The number of ether oxygens (including phenoxy) is 1. The predicted molar refractivity (Wildman–Crippen MR) is 64.3 cm³/mol. The van der Waals surface area contributed by atoms with Gasteiger partial charge in [-0.1, -0.05) is 30.3 Å². The standard InChI is InChI=1S/C14H19NO/c1-16-14(11-5-3-2-4-6-11)9-12-7-8-13(10-14)15-12/h2-6,12-13,15H,7-10H2,1H3. The molecule has 1 aromatic carbocycles. The van der Waals surface area contributed by atoms with Crippen LogP contribution in [0.4, 0.5) is 0 Å². The van der Waals surface area contributed by atoms with Gasteiger partial charge in [-0.3, -0.25) is 0 Å². The Labute approximate surface area is 97.0 Å². The van der Waals surface area contributed by atoms with Crippen molar-refractivity contribution in [2.45, 2.75) is 43.4 Å². The second-order valence-electron chi connectivity index (χ2n) is 5.11. The van der Waals surface area contributed by atoms with Crippen molar-refractivity contribution < 1.29 is 4.74 Å². The summed E-state index contributed by atoms with van der Waals surface area (Å²) in [6.07, 6.45) is 4.85. The topological polar surface area (TPSA) is 21.3 Å². The van der Waals surface area contributed by atoms with Gasteiger partial charge >= 0.3 is 0 Å². The average Bonchev–Trinajstić information content (AvgIpc) is 2.70. The van der Waals surface area contributed by atoms with E-state index in [4.69, 9.17) is 4.74 Å². The number of nitrogens with one attached hydrogen (secondary N) is 1. The Hall–Kier alpha value is -0.860. The van der Waals surface area contributed by atoms with Crippen LogP contribution in [-0.2, 0) is 10.3 Å². The van der Waals surface area contributed by atoms with Crippen LogP contribution in [0.25, 0.3) is 0 Å². The molecule has 2 fully saturated rings. The molecule has 2 bridgehead atoms. The second-order valence-corrected chi connectivity index (χ2v) is 5.11. The van der Waals surface area contributed by atoms with Crippen LogP contribution in [0.5, 0.6) is 0 Å². The highest BCUT2D eigenvalue weighted by Crippen LogP contribution is 2.42. The van der Waals surface area contributed by atoms with E-state index >= 15 is 0 Å². The van der Waals surface area contributed by atoms with Crippen LogP contribution in [0, 0.1) is 0 Å². The monoisotopic (exact) mass is 217 g/mol. The van der Waals surface area contributed by atoms with Gasteiger partial charge in [0.05, 0.1) is 5.60 Å². The first-order valence-electron chi connectivity index (χ1n) is 6.19. The minimum absolute atomic E-state index is 0.0433. The van der Waals surface area contributed by atoms with Gasteiger partial charge in [0.1, 0.15) is 0 Å². The third kappa shape index (κ3) is 1.57. The van der Waals surface area contributed by atoms with Crippen molar-refractivity contribution in [3.63, 3.8) is 0 Å². The molecule has 0 aromatic heterocycles. The van der Waals surface area contributed by atoms with Gasteiger partial charge in [0, 0.05) is 19.2 Å². The van der Waals surface area contributed by atoms with Gasteiger partial charge in [-0.05, 0) is 31.2 Å². The highest BCUT2D eigenvalue weighted by molar-refractivity contribution is 5.25. The summed E-state index contributed by atoms with van der Waals surface area (Å²) in [6, 6.07) is 12.0. The Kier molecular flexibility index (Phi) is 2.49. The Morgan fingerprint density at radius 3 is 2.31 bits per heavy atom. The van der Waals surface area contributed by atoms with Crippen LogP contribution in [0.15, 0.2) is 30.3 Å². The molecule has 0 amide bonds. The third-order valence-corrected chi connectivity index (χ3v) is 4.18. The van der Waals surface area contributed by atoms with E-state index in [-0.39, 0.29) is 5.60 Å². The Balaban J connectivity index is 1.95. The van der Waals surface area contributed by atoms with Crippen LogP contribution in [0.3, 0.4) is 0 Å². The van der Waals surface area contributed by atoms with Crippen LogP contribution in [0.1, 0.15) is 31.2 Å². The average molecular weight is 217 g/mol. The number of rotatable bonds is 2. The lowest BCUT2D eigenvalue weighted by molar-refractivity contribution is -0.0527. The number of piperidine rings is 1. The summed E-state index contributed by atoms with van der Waals surface area (Å²) in [5.41, 5.74) is 1.30. The first kappa shape index (κ1) is 10.3. The zero-order chi connectivity index (χ0) is 11.0. The summed E-state index contributed by atoms with van der Waals surface area (Å²) in [6.45, 7) is 0. The van der Waals surface area contributed by atoms with E-state index in [0.29, 0.717) is 12.1 Å². The molecule has 2 heterocycles. The normalized spacial score (nSPS) is 37.6. The van der Waals surface area contributed by atoms with Gasteiger partial charge in [0.2, 0.25) is 0 Å². The van der Waals surface area contributed by atoms with Gasteiger partial charge < -0.3 is 10.1 Å². The number of benzene rings is 1. The SMILES string of the molecule is COC1(c2ccccc2)CC2CCC(C1)N2. The number of fused-ring (bicyclic) bond motifs is 2. The molecule has 1 aromatic rings. The molecule has 2 aliphatic heterocycles. The molecule has 0 saturated carbocycles. The predicted octanol–water partition coefficient (Wildman–Crippen LogP) is 2.44. The van der Waals surface area contributed by atoms with Crippen molar-refractivity contribution in [2.24, 2.45) is 0 Å². The Morgan fingerprint density at radius 2 is 1.75 bits per heavy atom. The van der Waals surface area contributed by atoms with Crippen molar-refractivity contribution in [3.05, 3.63) is 35.9 Å². The third-order valence-electron chi connectivity index (χ3n) is 4.18. The lowest BCUT2D eigenvalue weighted by Crippen LogP contribution is -2.47. The molecule has 2 aliphatic rings. The van der Waals surface area contributed by atoms with Gasteiger partial charge in [-0.25, -0.2) is 0 Å². The molecule has 2 atom stereocenters. The molecule has 0 radical (unpaired) electrons. The van der Waals surface area contributed by atoms with Crippen LogP contribution in [-0.4, -0.2) is 19.2 Å². The van der Waals surface area contributed by atoms with Gasteiger partial charge in [0.15, 0.2) is 0 Å². The summed E-state index contributed by atoms with van der Waals surface area (Å²) < 4.78 is 5.91. The number of hydrogen-bond acceptors (Lipinski definition) is 2. The van der Waals surface area contributed by atoms with Crippen LogP contribution in [0.2, 0.25) is 0 Å². The Bertz CT molecular complexity index is 350. The molecule has 3 rings (SSSR count). The maximum atomic E-state index is 5.91. The van der Waals surface area contributed by atoms with Crippen molar-refractivity contribution >= 4 is 0 Å². The van der Waals surface area contributed by atoms with Crippen molar-refractivity contribution in [1.82, 2.24) is 5.32 Å². The molecular weight excluding hydrogens is 198 g/mol. The highest BCUT2D eigenvalue weighted by atomic mass is 16.5. The summed E-state index contributed by atoms with van der Waals surface area (Å²) in [7, 11) is 1.86.